The summed E-state index contributed by atoms with van der Waals surface area (Å²) in [5.41, 5.74) is 7.32. The molecule has 1 aliphatic carbocycles. The molecule has 0 aliphatic heterocycles. The molecule has 3 rings (SSSR count). The Labute approximate surface area is 122 Å². The summed E-state index contributed by atoms with van der Waals surface area (Å²) in [7, 11) is 1.44. The molecule has 0 aromatic carbocycles. The molecule has 0 radical (unpaired) electrons. The van der Waals surface area contributed by atoms with Gasteiger partial charge in [0.15, 0.2) is 11.5 Å². The summed E-state index contributed by atoms with van der Waals surface area (Å²) in [4.78, 5) is 24.5. The lowest BCUT2D eigenvalue weighted by Crippen LogP contribution is -2.24. The molecule has 1 aliphatic rings. The maximum Gasteiger partial charge on any atom is 0.308 e. The van der Waals surface area contributed by atoms with Crippen LogP contribution in [0.1, 0.15) is 37.5 Å². The van der Waals surface area contributed by atoms with Crippen molar-refractivity contribution in [1.82, 2.24) is 19.5 Å². The smallest absolute Gasteiger partial charge is 0.308 e. The number of hydrogen-bond donors (Lipinski definition) is 1. The van der Waals surface area contributed by atoms with E-state index in [0.29, 0.717) is 23.2 Å². The van der Waals surface area contributed by atoms with Gasteiger partial charge in [-0.15, -0.1) is 0 Å². The van der Waals surface area contributed by atoms with Gasteiger partial charge in [-0.1, -0.05) is 0 Å². The number of carbonyl (C=O) groups is 1. The maximum absolute atomic E-state index is 11.6. The van der Waals surface area contributed by atoms with Gasteiger partial charge in [0.1, 0.15) is 11.3 Å². The zero-order valence-electron chi connectivity index (χ0n) is 12.2. The number of nitrogen functional groups attached to an aromatic ring is 1. The number of imidazole rings is 1. The van der Waals surface area contributed by atoms with E-state index in [1.54, 1.807) is 6.33 Å². The van der Waals surface area contributed by atoms with Crippen molar-refractivity contribution in [2.24, 2.45) is 5.92 Å². The number of nitrogens with zero attached hydrogens (tertiary/aromatic N) is 4. The molecule has 0 spiro atoms. The van der Waals surface area contributed by atoms with Gasteiger partial charge in [-0.3, -0.25) is 4.79 Å². The van der Waals surface area contributed by atoms with Crippen LogP contribution in [0.25, 0.3) is 11.2 Å². The normalized spacial score (nSPS) is 22.4. The lowest BCUT2D eigenvalue weighted by Gasteiger charge is -2.27. The predicted octanol–water partition coefficient (Wildman–Crippen LogP) is 1.62. The van der Waals surface area contributed by atoms with E-state index in [1.165, 1.54) is 7.11 Å². The lowest BCUT2D eigenvalue weighted by atomic mass is 9.86. The van der Waals surface area contributed by atoms with Crippen LogP contribution in [0.4, 0.5) is 5.82 Å². The first kappa shape index (κ1) is 13.8. The van der Waals surface area contributed by atoms with Gasteiger partial charge in [-0.05, 0) is 32.6 Å². The first-order valence-corrected chi connectivity index (χ1v) is 7.14. The number of carbonyl (C=O) groups excluding carboxylic acids is 1. The quantitative estimate of drug-likeness (QED) is 0.844. The Balaban J connectivity index is 1.84. The second-order valence-corrected chi connectivity index (χ2v) is 5.51. The van der Waals surface area contributed by atoms with Crippen LogP contribution in [0.3, 0.4) is 0 Å². The van der Waals surface area contributed by atoms with E-state index in [1.807, 2.05) is 6.92 Å². The third kappa shape index (κ3) is 2.43. The van der Waals surface area contributed by atoms with Gasteiger partial charge >= 0.3 is 5.97 Å². The molecule has 1 saturated carbocycles. The van der Waals surface area contributed by atoms with E-state index in [-0.39, 0.29) is 11.9 Å². The Morgan fingerprint density at radius 1 is 1.33 bits per heavy atom. The summed E-state index contributed by atoms with van der Waals surface area (Å²) in [6.07, 6.45) is 5.26. The fourth-order valence-corrected chi connectivity index (χ4v) is 3.08. The Hall–Kier alpha value is -2.18. The molecule has 7 nitrogen and oxygen atoms in total. The fraction of sp³-hybridized carbons (Fsp3) is 0.571. The predicted molar refractivity (Wildman–Crippen MR) is 77.5 cm³/mol. The van der Waals surface area contributed by atoms with Crippen LogP contribution in [0, 0.1) is 12.8 Å². The zero-order valence-corrected chi connectivity index (χ0v) is 12.2. The number of aryl methyl sites for hydroxylation is 1. The van der Waals surface area contributed by atoms with Gasteiger partial charge in [0.25, 0.3) is 0 Å². The highest BCUT2D eigenvalue weighted by atomic mass is 16.5. The van der Waals surface area contributed by atoms with E-state index in [0.717, 1.165) is 31.3 Å². The van der Waals surface area contributed by atoms with Crippen molar-refractivity contribution in [2.45, 2.75) is 38.6 Å². The SMILES string of the molecule is COC(=O)[C@H]1CC[C@@H](n2cnc3c(N)nc(C)nc32)CC1. The van der Waals surface area contributed by atoms with Crippen LogP contribution in [0.2, 0.25) is 0 Å². The van der Waals surface area contributed by atoms with E-state index in [9.17, 15) is 4.79 Å². The molecule has 21 heavy (non-hydrogen) atoms. The van der Waals surface area contributed by atoms with Crippen molar-refractivity contribution < 1.29 is 9.53 Å². The van der Waals surface area contributed by atoms with E-state index in [2.05, 4.69) is 19.5 Å². The Morgan fingerprint density at radius 2 is 2.05 bits per heavy atom. The van der Waals surface area contributed by atoms with Gasteiger partial charge in [0.2, 0.25) is 0 Å². The van der Waals surface area contributed by atoms with E-state index < -0.39 is 0 Å². The summed E-state index contributed by atoms with van der Waals surface area (Å²) in [5.74, 6) is 0.971. The molecule has 0 unspecified atom stereocenters. The van der Waals surface area contributed by atoms with Gasteiger partial charge < -0.3 is 15.0 Å². The van der Waals surface area contributed by atoms with Crippen LogP contribution < -0.4 is 5.73 Å². The van der Waals surface area contributed by atoms with Crippen LogP contribution >= 0.6 is 0 Å². The van der Waals surface area contributed by atoms with E-state index >= 15 is 0 Å². The summed E-state index contributed by atoms with van der Waals surface area (Å²) in [5, 5.41) is 0. The third-order valence-corrected chi connectivity index (χ3v) is 4.18. The monoisotopic (exact) mass is 289 g/mol. The van der Waals surface area contributed by atoms with Gasteiger partial charge in [-0.2, -0.15) is 0 Å². The number of rotatable bonds is 2. The Morgan fingerprint density at radius 3 is 2.71 bits per heavy atom. The average Bonchev–Trinajstić information content (AvgIpc) is 2.90. The largest absolute Gasteiger partial charge is 0.469 e. The van der Waals surface area contributed by atoms with Crippen molar-refractivity contribution in [3.8, 4) is 0 Å². The number of hydrogen-bond acceptors (Lipinski definition) is 6. The standard InChI is InChI=1S/C14H19N5O2/c1-8-17-12(15)11-13(18-8)19(7-16-11)10-5-3-9(4-6-10)14(20)21-2/h7,9-10H,3-6H2,1-2H3,(H2,15,17,18)/t9-,10+. The Bertz CT molecular complexity index is 673. The van der Waals surface area contributed by atoms with Gasteiger partial charge in [0.05, 0.1) is 19.4 Å². The molecule has 0 saturated heterocycles. The molecule has 1 fully saturated rings. The molecule has 0 atom stereocenters. The minimum atomic E-state index is -0.105. The number of anilines is 1. The Kier molecular flexibility index (Phi) is 3.48. The molecule has 2 N–H and O–H groups in total. The highest BCUT2D eigenvalue weighted by Gasteiger charge is 2.28. The molecule has 2 heterocycles. The fourth-order valence-electron chi connectivity index (χ4n) is 3.08. The number of methoxy groups -OCH3 is 1. The molecule has 7 heteroatoms. The van der Waals surface area contributed by atoms with Crippen molar-refractivity contribution in [3.05, 3.63) is 12.2 Å². The zero-order chi connectivity index (χ0) is 15.0. The summed E-state index contributed by atoms with van der Waals surface area (Å²) in [6.45, 7) is 1.82. The molecular formula is C14H19N5O2. The van der Waals surface area contributed by atoms with Crippen molar-refractivity contribution in [1.29, 1.82) is 0 Å². The van der Waals surface area contributed by atoms with Crippen LogP contribution in [-0.2, 0) is 9.53 Å². The van der Waals surface area contributed by atoms with Crippen molar-refractivity contribution >= 4 is 23.0 Å². The topological polar surface area (TPSA) is 95.9 Å². The number of aromatic nitrogens is 4. The van der Waals surface area contributed by atoms with Crippen LogP contribution in [0.5, 0.6) is 0 Å². The summed E-state index contributed by atoms with van der Waals surface area (Å²) < 4.78 is 6.89. The van der Waals surface area contributed by atoms with Crippen molar-refractivity contribution in [3.63, 3.8) is 0 Å². The highest BCUT2D eigenvalue weighted by Crippen LogP contribution is 2.34. The van der Waals surface area contributed by atoms with Gasteiger partial charge in [0, 0.05) is 6.04 Å². The van der Waals surface area contributed by atoms with Crippen LogP contribution in [-0.4, -0.2) is 32.6 Å². The van der Waals surface area contributed by atoms with Crippen LogP contribution in [0.15, 0.2) is 6.33 Å². The first-order chi connectivity index (χ1) is 10.1. The average molecular weight is 289 g/mol. The molecule has 2 aromatic heterocycles. The second kappa shape index (κ2) is 5.31. The van der Waals surface area contributed by atoms with Crippen molar-refractivity contribution in [2.75, 3.05) is 12.8 Å². The van der Waals surface area contributed by atoms with E-state index in [4.69, 9.17) is 10.5 Å². The third-order valence-electron chi connectivity index (χ3n) is 4.18. The maximum atomic E-state index is 11.6. The summed E-state index contributed by atoms with van der Waals surface area (Å²) >= 11 is 0. The minimum absolute atomic E-state index is 0.0162. The molecule has 112 valence electrons. The number of ether oxygens (including phenoxy) is 1. The molecule has 2 aromatic rings. The molecule has 0 bridgehead atoms. The number of fused-ring (bicyclic) bond motifs is 1. The molecule has 0 amide bonds. The lowest BCUT2D eigenvalue weighted by molar-refractivity contribution is -0.146. The van der Waals surface area contributed by atoms with Gasteiger partial charge in [-0.25, -0.2) is 15.0 Å². The minimum Gasteiger partial charge on any atom is -0.469 e. The molecular weight excluding hydrogens is 270 g/mol. The highest BCUT2D eigenvalue weighted by molar-refractivity contribution is 5.81. The second-order valence-electron chi connectivity index (χ2n) is 5.51. The number of esters is 1. The summed E-state index contributed by atoms with van der Waals surface area (Å²) in [6, 6.07) is 0.296. The first-order valence-electron chi connectivity index (χ1n) is 7.14. The number of nitrogens with two attached hydrogens (primary N) is 1.